The molecule has 0 aliphatic rings. The van der Waals surface area contributed by atoms with Crippen LogP contribution in [0.15, 0.2) is 134 Å². The summed E-state index contributed by atoms with van der Waals surface area (Å²) in [4.78, 5) is 9.81. The predicted octanol–water partition coefficient (Wildman–Crippen LogP) is 8.95. The molecule has 9 aromatic rings. The van der Waals surface area contributed by atoms with Crippen molar-refractivity contribution in [3.63, 3.8) is 0 Å². The molecular formula is C36H22N4. The van der Waals surface area contributed by atoms with Crippen LogP contribution in [-0.2, 0) is 0 Å². The average molecular weight is 511 g/mol. The first kappa shape index (κ1) is 21.5. The Morgan fingerprint density at radius 2 is 1.15 bits per heavy atom. The van der Waals surface area contributed by atoms with Crippen molar-refractivity contribution in [3.8, 4) is 16.8 Å². The number of aromatic nitrogens is 4. The second kappa shape index (κ2) is 8.01. The molecule has 0 bridgehead atoms. The van der Waals surface area contributed by atoms with Crippen LogP contribution in [-0.4, -0.2) is 18.9 Å². The summed E-state index contributed by atoms with van der Waals surface area (Å²) in [5.74, 6) is 0. The van der Waals surface area contributed by atoms with Gasteiger partial charge in [0.2, 0.25) is 0 Å². The number of pyridine rings is 2. The first-order chi connectivity index (χ1) is 19.8. The fourth-order valence-corrected chi connectivity index (χ4v) is 6.39. The average Bonchev–Trinajstić information content (AvgIpc) is 3.57. The zero-order valence-electron chi connectivity index (χ0n) is 21.5. The van der Waals surface area contributed by atoms with Gasteiger partial charge in [-0.05, 0) is 53.4 Å². The Morgan fingerprint density at radius 1 is 0.450 bits per heavy atom. The number of benzene rings is 5. The van der Waals surface area contributed by atoms with E-state index in [1.807, 2.05) is 18.5 Å². The summed E-state index contributed by atoms with van der Waals surface area (Å²) < 4.78 is 4.66. The van der Waals surface area contributed by atoms with Crippen LogP contribution in [0.5, 0.6) is 0 Å². The number of imidazole rings is 1. The molecule has 4 heteroatoms. The fraction of sp³-hybridized carbons (Fsp3) is 0. The number of nitrogens with zero attached hydrogens (tertiary/aromatic N) is 4. The molecule has 4 nitrogen and oxygen atoms in total. The maximum atomic E-state index is 5.14. The van der Waals surface area contributed by atoms with Crippen molar-refractivity contribution in [3.05, 3.63) is 134 Å². The normalized spacial score (nSPS) is 12.0. The summed E-state index contributed by atoms with van der Waals surface area (Å²) >= 11 is 0. The van der Waals surface area contributed by atoms with E-state index < -0.39 is 0 Å². The predicted molar refractivity (Wildman–Crippen MR) is 165 cm³/mol. The summed E-state index contributed by atoms with van der Waals surface area (Å²) in [7, 11) is 0. The molecule has 4 aromatic heterocycles. The second-order valence-electron chi connectivity index (χ2n) is 10.3. The fourth-order valence-electron chi connectivity index (χ4n) is 6.39. The van der Waals surface area contributed by atoms with Gasteiger partial charge in [0.1, 0.15) is 5.65 Å². The van der Waals surface area contributed by atoms with Gasteiger partial charge in [-0.3, -0.25) is 9.38 Å². The van der Waals surface area contributed by atoms with E-state index in [-0.39, 0.29) is 0 Å². The molecule has 5 aromatic carbocycles. The third kappa shape index (κ3) is 2.90. The number of hydrogen-bond donors (Lipinski definition) is 0. The number of para-hydroxylation sites is 4. The van der Waals surface area contributed by atoms with Gasteiger partial charge in [0.15, 0.2) is 0 Å². The Kier molecular flexibility index (Phi) is 4.30. The maximum Gasteiger partial charge on any atom is 0.146 e. The third-order valence-electron chi connectivity index (χ3n) is 8.14. The Balaban J connectivity index is 1.45. The van der Waals surface area contributed by atoms with E-state index in [0.29, 0.717) is 0 Å². The van der Waals surface area contributed by atoms with Gasteiger partial charge in [0, 0.05) is 33.3 Å². The van der Waals surface area contributed by atoms with Crippen LogP contribution in [0.4, 0.5) is 0 Å². The van der Waals surface area contributed by atoms with E-state index >= 15 is 0 Å². The monoisotopic (exact) mass is 510 g/mol. The molecular weight excluding hydrogens is 488 g/mol. The Labute approximate surface area is 229 Å². The van der Waals surface area contributed by atoms with Crippen LogP contribution in [0.25, 0.3) is 77.0 Å². The molecule has 0 aliphatic heterocycles. The molecule has 0 atom stereocenters. The molecule has 0 amide bonds. The lowest BCUT2D eigenvalue weighted by Gasteiger charge is -2.12. The standard InChI is InChI=1S/C36H22N4/c1-2-10-23(11-3-1)24-18-25(22-37-21-24)39-32-15-7-5-13-27(32)29-19-30-28(20-35(29)39)26-12-4-8-16-33(26)40-34-17-9-6-14-31(34)38-36(30)40/h1-22H. The van der Waals surface area contributed by atoms with Crippen LogP contribution in [0.3, 0.4) is 0 Å². The van der Waals surface area contributed by atoms with Crippen molar-refractivity contribution in [2.75, 3.05) is 0 Å². The third-order valence-corrected chi connectivity index (χ3v) is 8.14. The molecule has 0 radical (unpaired) electrons. The van der Waals surface area contributed by atoms with E-state index in [2.05, 4.69) is 129 Å². The van der Waals surface area contributed by atoms with Gasteiger partial charge in [-0.1, -0.05) is 78.9 Å². The minimum absolute atomic E-state index is 0.987. The Hall–Kier alpha value is -5.48. The van der Waals surface area contributed by atoms with Crippen LogP contribution in [0.1, 0.15) is 0 Å². The van der Waals surface area contributed by atoms with Crippen molar-refractivity contribution in [2.45, 2.75) is 0 Å². The smallest absolute Gasteiger partial charge is 0.146 e. The molecule has 0 saturated carbocycles. The van der Waals surface area contributed by atoms with E-state index in [9.17, 15) is 0 Å². The highest BCUT2D eigenvalue weighted by atomic mass is 15.0. The molecule has 4 heterocycles. The van der Waals surface area contributed by atoms with Gasteiger partial charge < -0.3 is 4.57 Å². The summed E-state index contributed by atoms with van der Waals surface area (Å²) in [5.41, 5.74) is 9.90. The van der Waals surface area contributed by atoms with Crippen LogP contribution >= 0.6 is 0 Å². The van der Waals surface area contributed by atoms with Crippen molar-refractivity contribution in [2.24, 2.45) is 0 Å². The zero-order valence-corrected chi connectivity index (χ0v) is 21.5. The lowest BCUT2D eigenvalue weighted by molar-refractivity contribution is 1.14. The van der Waals surface area contributed by atoms with Crippen LogP contribution in [0.2, 0.25) is 0 Å². The number of hydrogen-bond acceptors (Lipinski definition) is 2. The molecule has 0 N–H and O–H groups in total. The zero-order chi connectivity index (χ0) is 26.2. The van der Waals surface area contributed by atoms with Crippen molar-refractivity contribution in [1.82, 2.24) is 18.9 Å². The van der Waals surface area contributed by atoms with Crippen molar-refractivity contribution < 1.29 is 0 Å². The number of fused-ring (bicyclic) bond motifs is 11. The van der Waals surface area contributed by atoms with Gasteiger partial charge in [-0.25, -0.2) is 4.98 Å². The minimum Gasteiger partial charge on any atom is -0.308 e. The summed E-state index contributed by atoms with van der Waals surface area (Å²) in [6, 6.07) is 43.1. The molecule has 186 valence electrons. The summed E-state index contributed by atoms with van der Waals surface area (Å²) in [6.45, 7) is 0. The summed E-state index contributed by atoms with van der Waals surface area (Å²) in [6.07, 6.45) is 3.90. The van der Waals surface area contributed by atoms with E-state index in [4.69, 9.17) is 4.98 Å². The summed E-state index contributed by atoms with van der Waals surface area (Å²) in [5, 5.41) is 5.98. The Morgan fingerprint density at radius 3 is 2.00 bits per heavy atom. The highest BCUT2D eigenvalue weighted by Gasteiger charge is 2.18. The topological polar surface area (TPSA) is 35.1 Å². The van der Waals surface area contributed by atoms with Gasteiger partial charge >= 0.3 is 0 Å². The highest BCUT2D eigenvalue weighted by molar-refractivity contribution is 6.21. The van der Waals surface area contributed by atoms with Gasteiger partial charge in [0.25, 0.3) is 0 Å². The van der Waals surface area contributed by atoms with E-state index in [1.54, 1.807) is 0 Å². The molecule has 0 spiro atoms. The molecule has 0 fully saturated rings. The van der Waals surface area contributed by atoms with Crippen molar-refractivity contribution >= 4 is 60.2 Å². The highest BCUT2D eigenvalue weighted by Crippen LogP contribution is 2.39. The maximum absolute atomic E-state index is 5.14. The second-order valence-corrected chi connectivity index (χ2v) is 10.3. The first-order valence-corrected chi connectivity index (χ1v) is 13.5. The SMILES string of the molecule is c1ccc(-c2cncc(-n3c4ccccc4c4cc5c(cc43)c3ccccc3n3c4ccccc4nc53)c2)cc1. The van der Waals surface area contributed by atoms with E-state index in [1.165, 1.54) is 21.5 Å². The molecule has 0 saturated heterocycles. The van der Waals surface area contributed by atoms with Crippen LogP contribution < -0.4 is 0 Å². The van der Waals surface area contributed by atoms with Gasteiger partial charge in [-0.15, -0.1) is 0 Å². The Bertz CT molecular complexity index is 2430. The van der Waals surface area contributed by atoms with E-state index in [0.717, 1.165) is 55.4 Å². The van der Waals surface area contributed by atoms with Gasteiger partial charge in [-0.2, -0.15) is 0 Å². The molecule has 9 rings (SSSR count). The molecule has 0 unspecified atom stereocenters. The molecule has 0 aliphatic carbocycles. The van der Waals surface area contributed by atoms with Crippen molar-refractivity contribution in [1.29, 1.82) is 0 Å². The largest absolute Gasteiger partial charge is 0.308 e. The lowest BCUT2D eigenvalue weighted by Crippen LogP contribution is -1.96. The van der Waals surface area contributed by atoms with Crippen LogP contribution in [0, 0.1) is 0 Å². The lowest BCUT2D eigenvalue weighted by atomic mass is 10.0. The molecule has 40 heavy (non-hydrogen) atoms. The first-order valence-electron chi connectivity index (χ1n) is 13.5. The van der Waals surface area contributed by atoms with Gasteiger partial charge in [0.05, 0.1) is 39.5 Å². The quantitative estimate of drug-likeness (QED) is 0.218. The minimum atomic E-state index is 0.987. The number of rotatable bonds is 2.